The van der Waals surface area contributed by atoms with Crippen molar-refractivity contribution in [3.05, 3.63) is 95.8 Å². The van der Waals surface area contributed by atoms with E-state index in [1.807, 2.05) is 54.6 Å². The highest BCUT2D eigenvalue weighted by atomic mass is 19.1. The molecule has 0 aromatic heterocycles. The van der Waals surface area contributed by atoms with E-state index in [1.165, 1.54) is 12.1 Å². The molecule has 2 atom stereocenters. The fraction of sp³-hybridized carbons (Fsp3) is 0.357. The SMILES string of the molecule is OC1(Cc2ccc(F)cc2)CCNCC1CCCOc1ccc(OCc2ccccc2)cc1. The summed E-state index contributed by atoms with van der Waals surface area (Å²) in [5.74, 6) is 1.50. The molecule has 3 aromatic rings. The molecular weight excluding hydrogens is 417 g/mol. The van der Waals surface area contributed by atoms with E-state index in [-0.39, 0.29) is 11.7 Å². The normalized spacial score (nSPS) is 20.4. The summed E-state index contributed by atoms with van der Waals surface area (Å²) in [6.07, 6.45) is 2.96. The van der Waals surface area contributed by atoms with Crippen LogP contribution >= 0.6 is 0 Å². The largest absolute Gasteiger partial charge is 0.494 e. The minimum Gasteiger partial charge on any atom is -0.494 e. The molecule has 1 aliphatic rings. The van der Waals surface area contributed by atoms with E-state index in [0.717, 1.165) is 48.6 Å². The van der Waals surface area contributed by atoms with Gasteiger partial charge in [-0.1, -0.05) is 42.5 Å². The van der Waals surface area contributed by atoms with Gasteiger partial charge in [-0.15, -0.1) is 0 Å². The second-order valence-corrected chi connectivity index (χ2v) is 8.79. The standard InChI is InChI=1S/C28H32FNO3/c29-25-10-8-22(9-11-25)19-28(31)16-17-30-20-24(28)7-4-18-32-26-12-14-27(15-13-26)33-21-23-5-2-1-3-6-23/h1-3,5-6,8-15,24,30-31H,4,7,16-21H2. The number of rotatable bonds is 10. The number of aliphatic hydroxyl groups is 1. The van der Waals surface area contributed by atoms with Crippen LogP contribution < -0.4 is 14.8 Å². The topological polar surface area (TPSA) is 50.7 Å². The minimum absolute atomic E-state index is 0.133. The Bertz CT molecular complexity index is 978. The molecule has 1 saturated heterocycles. The zero-order valence-corrected chi connectivity index (χ0v) is 18.9. The summed E-state index contributed by atoms with van der Waals surface area (Å²) in [5.41, 5.74) is 1.33. The Morgan fingerprint density at radius 1 is 0.879 bits per heavy atom. The van der Waals surface area contributed by atoms with Crippen LogP contribution in [0.3, 0.4) is 0 Å². The van der Waals surface area contributed by atoms with E-state index in [9.17, 15) is 9.50 Å². The van der Waals surface area contributed by atoms with Crippen molar-refractivity contribution in [2.24, 2.45) is 5.92 Å². The summed E-state index contributed by atoms with van der Waals surface area (Å²) in [7, 11) is 0. The third-order valence-corrected chi connectivity index (χ3v) is 6.35. The fourth-order valence-electron chi connectivity index (χ4n) is 4.43. The number of halogens is 1. The van der Waals surface area contributed by atoms with Gasteiger partial charge in [-0.25, -0.2) is 4.39 Å². The van der Waals surface area contributed by atoms with Gasteiger partial charge in [0.05, 0.1) is 12.2 Å². The van der Waals surface area contributed by atoms with E-state index >= 15 is 0 Å². The summed E-state index contributed by atoms with van der Waals surface area (Å²) in [5, 5.41) is 14.7. The van der Waals surface area contributed by atoms with Gasteiger partial charge in [-0.05, 0) is 73.3 Å². The summed E-state index contributed by atoms with van der Waals surface area (Å²) in [4.78, 5) is 0. The van der Waals surface area contributed by atoms with Gasteiger partial charge in [0.25, 0.3) is 0 Å². The smallest absolute Gasteiger partial charge is 0.123 e. The maximum Gasteiger partial charge on any atom is 0.123 e. The highest BCUT2D eigenvalue weighted by Gasteiger charge is 2.38. The van der Waals surface area contributed by atoms with Crippen LogP contribution in [0.5, 0.6) is 11.5 Å². The van der Waals surface area contributed by atoms with Crippen molar-refractivity contribution in [1.29, 1.82) is 0 Å². The Kier molecular flexibility index (Phi) is 7.97. The summed E-state index contributed by atoms with van der Waals surface area (Å²) in [6, 6.07) is 24.2. The van der Waals surface area contributed by atoms with E-state index < -0.39 is 5.60 Å². The van der Waals surface area contributed by atoms with Crippen LogP contribution in [0.4, 0.5) is 4.39 Å². The van der Waals surface area contributed by atoms with Gasteiger partial charge >= 0.3 is 0 Å². The van der Waals surface area contributed by atoms with Crippen LogP contribution in [0.25, 0.3) is 0 Å². The van der Waals surface area contributed by atoms with Crippen LogP contribution in [0.2, 0.25) is 0 Å². The first-order valence-electron chi connectivity index (χ1n) is 11.7. The molecule has 0 aliphatic carbocycles. The Morgan fingerprint density at radius 2 is 1.58 bits per heavy atom. The van der Waals surface area contributed by atoms with Gasteiger partial charge in [0.15, 0.2) is 0 Å². The molecule has 1 aliphatic heterocycles. The van der Waals surface area contributed by atoms with Crippen molar-refractivity contribution in [3.8, 4) is 11.5 Å². The fourth-order valence-corrected chi connectivity index (χ4v) is 4.43. The van der Waals surface area contributed by atoms with Gasteiger partial charge in [-0.2, -0.15) is 0 Å². The van der Waals surface area contributed by atoms with Gasteiger partial charge in [0, 0.05) is 18.9 Å². The second-order valence-electron chi connectivity index (χ2n) is 8.79. The van der Waals surface area contributed by atoms with E-state index in [4.69, 9.17) is 9.47 Å². The molecule has 0 bridgehead atoms. The molecule has 2 N–H and O–H groups in total. The molecule has 1 heterocycles. The summed E-state index contributed by atoms with van der Waals surface area (Å²) < 4.78 is 25.0. The predicted molar refractivity (Wildman–Crippen MR) is 128 cm³/mol. The van der Waals surface area contributed by atoms with Gasteiger partial charge < -0.3 is 19.9 Å². The molecule has 0 radical (unpaired) electrons. The average molecular weight is 450 g/mol. The van der Waals surface area contributed by atoms with Crippen LogP contribution in [0.15, 0.2) is 78.9 Å². The lowest BCUT2D eigenvalue weighted by molar-refractivity contribution is -0.0446. The van der Waals surface area contributed by atoms with Gasteiger partial charge in [0.2, 0.25) is 0 Å². The van der Waals surface area contributed by atoms with Gasteiger partial charge in [-0.3, -0.25) is 0 Å². The first-order valence-corrected chi connectivity index (χ1v) is 11.7. The van der Waals surface area contributed by atoms with Crippen LogP contribution in [-0.4, -0.2) is 30.4 Å². The molecule has 0 spiro atoms. The quantitative estimate of drug-likeness (QED) is 0.421. The van der Waals surface area contributed by atoms with E-state index in [2.05, 4.69) is 5.32 Å². The molecule has 0 saturated carbocycles. The zero-order valence-electron chi connectivity index (χ0n) is 18.9. The average Bonchev–Trinajstić information content (AvgIpc) is 2.84. The Hall–Kier alpha value is -2.89. The van der Waals surface area contributed by atoms with Crippen LogP contribution in [0.1, 0.15) is 30.4 Å². The lowest BCUT2D eigenvalue weighted by Gasteiger charge is -2.41. The molecular formula is C28H32FNO3. The Morgan fingerprint density at radius 3 is 2.30 bits per heavy atom. The highest BCUT2D eigenvalue weighted by Crippen LogP contribution is 2.32. The first kappa shape index (κ1) is 23.3. The maximum atomic E-state index is 13.2. The van der Waals surface area contributed by atoms with Crippen LogP contribution in [-0.2, 0) is 13.0 Å². The number of benzene rings is 3. The second kappa shape index (κ2) is 11.3. The Labute approximate surface area is 195 Å². The lowest BCUT2D eigenvalue weighted by Crippen LogP contribution is -2.51. The number of nitrogens with one attached hydrogen (secondary N) is 1. The highest BCUT2D eigenvalue weighted by molar-refractivity contribution is 5.31. The molecule has 2 unspecified atom stereocenters. The summed E-state index contributed by atoms with van der Waals surface area (Å²) in [6.45, 7) is 2.71. The third-order valence-electron chi connectivity index (χ3n) is 6.35. The third kappa shape index (κ3) is 6.80. The molecule has 174 valence electrons. The molecule has 0 amide bonds. The molecule has 33 heavy (non-hydrogen) atoms. The predicted octanol–water partition coefficient (Wildman–Crippen LogP) is 5.15. The molecule has 4 nitrogen and oxygen atoms in total. The molecule has 5 heteroatoms. The van der Waals surface area contributed by atoms with Crippen molar-refractivity contribution < 1.29 is 19.0 Å². The Balaban J connectivity index is 1.22. The summed E-state index contributed by atoms with van der Waals surface area (Å²) >= 11 is 0. The van der Waals surface area contributed by atoms with E-state index in [0.29, 0.717) is 26.1 Å². The lowest BCUT2D eigenvalue weighted by atomic mass is 9.75. The van der Waals surface area contributed by atoms with Crippen molar-refractivity contribution in [2.75, 3.05) is 19.7 Å². The number of piperidine rings is 1. The van der Waals surface area contributed by atoms with E-state index in [1.54, 1.807) is 12.1 Å². The number of hydrogen-bond acceptors (Lipinski definition) is 4. The number of ether oxygens (including phenoxy) is 2. The number of hydrogen-bond donors (Lipinski definition) is 2. The molecule has 3 aromatic carbocycles. The van der Waals surface area contributed by atoms with Crippen molar-refractivity contribution >= 4 is 0 Å². The van der Waals surface area contributed by atoms with Crippen molar-refractivity contribution in [1.82, 2.24) is 5.32 Å². The molecule has 1 fully saturated rings. The monoisotopic (exact) mass is 449 g/mol. The van der Waals surface area contributed by atoms with Crippen LogP contribution in [0, 0.1) is 11.7 Å². The van der Waals surface area contributed by atoms with Crippen molar-refractivity contribution in [2.45, 2.75) is 37.9 Å². The zero-order chi connectivity index (χ0) is 22.9. The van der Waals surface area contributed by atoms with Crippen molar-refractivity contribution in [3.63, 3.8) is 0 Å². The van der Waals surface area contributed by atoms with Gasteiger partial charge in [0.1, 0.15) is 23.9 Å². The molecule has 4 rings (SSSR count). The first-order chi connectivity index (χ1) is 16.1. The minimum atomic E-state index is -0.777. The maximum absolute atomic E-state index is 13.2.